The zero-order chi connectivity index (χ0) is 24.8. The average Bonchev–Trinajstić information content (AvgIpc) is 3.27. The number of amides is 2. The first kappa shape index (κ1) is 25.5. The van der Waals surface area contributed by atoms with Crippen molar-refractivity contribution >= 4 is 58.2 Å². The van der Waals surface area contributed by atoms with Crippen molar-refractivity contribution in [2.75, 3.05) is 11.1 Å². The molecule has 0 aliphatic heterocycles. The molecule has 0 radical (unpaired) electrons. The van der Waals surface area contributed by atoms with Crippen molar-refractivity contribution in [1.82, 2.24) is 20.5 Å². The van der Waals surface area contributed by atoms with Gasteiger partial charge in [0.05, 0.1) is 26.8 Å². The number of nitro benzene ring substituents is 1. The second-order valence-electron chi connectivity index (χ2n) is 7.47. The molecule has 2 amide bonds. The van der Waals surface area contributed by atoms with E-state index in [1.807, 2.05) is 13.8 Å². The number of rotatable bonds is 9. The van der Waals surface area contributed by atoms with E-state index in [1.54, 1.807) is 18.2 Å². The molecule has 0 fully saturated rings. The van der Waals surface area contributed by atoms with Gasteiger partial charge < -0.3 is 10.6 Å². The maximum absolute atomic E-state index is 12.7. The normalized spacial score (nSPS) is 11.8. The van der Waals surface area contributed by atoms with Crippen molar-refractivity contribution in [3.63, 3.8) is 0 Å². The Kier molecular flexibility index (Phi) is 8.48. The Labute approximate surface area is 209 Å². The highest BCUT2D eigenvalue weighted by molar-refractivity contribution is 7.99. The van der Waals surface area contributed by atoms with Crippen LogP contribution in [0, 0.1) is 16.0 Å². The molecule has 2 aromatic carbocycles. The minimum absolute atomic E-state index is 0.0456. The van der Waals surface area contributed by atoms with Gasteiger partial charge in [0, 0.05) is 23.4 Å². The number of nitro groups is 1. The molecule has 0 aliphatic carbocycles. The molecule has 3 N–H and O–H groups in total. The standard InChI is InChI=1S/C21H20Cl2N6O4S/c1-11(2)18(25-20(31)12-4-3-5-14(8-12)29(32)33)19-26-21(28-27-19)34-10-17(30)24-13-6-7-15(22)16(23)9-13/h3-9,11,18H,10H2,1-2H3,(H,24,30)(H,25,31)(H,26,27,28)/t18-/m0/s1. The van der Waals surface area contributed by atoms with E-state index in [0.717, 1.165) is 11.8 Å². The van der Waals surface area contributed by atoms with Crippen LogP contribution in [0.25, 0.3) is 0 Å². The Balaban J connectivity index is 1.62. The van der Waals surface area contributed by atoms with Crippen molar-refractivity contribution in [3.8, 4) is 0 Å². The largest absolute Gasteiger partial charge is 0.342 e. The Morgan fingerprint density at radius 2 is 1.94 bits per heavy atom. The van der Waals surface area contributed by atoms with Crippen molar-refractivity contribution < 1.29 is 14.5 Å². The van der Waals surface area contributed by atoms with Gasteiger partial charge in [-0.2, -0.15) is 0 Å². The second kappa shape index (κ2) is 11.3. The van der Waals surface area contributed by atoms with Crippen molar-refractivity contribution in [1.29, 1.82) is 0 Å². The predicted octanol–water partition coefficient (Wildman–Crippen LogP) is 4.88. The van der Waals surface area contributed by atoms with E-state index < -0.39 is 16.9 Å². The Morgan fingerprint density at radius 1 is 1.18 bits per heavy atom. The number of nitrogens with zero attached hydrogens (tertiary/aromatic N) is 3. The van der Waals surface area contributed by atoms with E-state index in [4.69, 9.17) is 23.2 Å². The van der Waals surface area contributed by atoms with Gasteiger partial charge in [-0.3, -0.25) is 24.8 Å². The Morgan fingerprint density at radius 3 is 2.62 bits per heavy atom. The number of H-pyrrole nitrogens is 1. The molecule has 0 spiro atoms. The van der Waals surface area contributed by atoms with Crippen LogP contribution in [0.4, 0.5) is 11.4 Å². The van der Waals surface area contributed by atoms with Gasteiger partial charge in [0.25, 0.3) is 11.6 Å². The number of halogens is 2. The number of carbonyl (C=O) groups excluding carboxylic acids is 2. The quantitative estimate of drug-likeness (QED) is 0.206. The third kappa shape index (κ3) is 6.69. The summed E-state index contributed by atoms with van der Waals surface area (Å²) in [6.07, 6.45) is 0. The van der Waals surface area contributed by atoms with Crippen LogP contribution in [0.1, 0.15) is 36.1 Å². The fourth-order valence-corrected chi connectivity index (χ4v) is 3.80. The second-order valence-corrected chi connectivity index (χ2v) is 9.23. The molecule has 0 unspecified atom stereocenters. The number of anilines is 1. The van der Waals surface area contributed by atoms with Gasteiger partial charge in [-0.1, -0.05) is 54.9 Å². The van der Waals surface area contributed by atoms with Gasteiger partial charge in [-0.25, -0.2) is 4.98 Å². The summed E-state index contributed by atoms with van der Waals surface area (Å²) in [6, 6.07) is 9.71. The number of nitrogens with one attached hydrogen (secondary N) is 3. The van der Waals surface area contributed by atoms with Gasteiger partial charge in [0.1, 0.15) is 5.82 Å². The summed E-state index contributed by atoms with van der Waals surface area (Å²) in [6.45, 7) is 3.77. The van der Waals surface area contributed by atoms with Crippen molar-refractivity contribution in [3.05, 3.63) is 74.0 Å². The molecule has 0 saturated carbocycles. The van der Waals surface area contributed by atoms with E-state index in [9.17, 15) is 19.7 Å². The highest BCUT2D eigenvalue weighted by Gasteiger charge is 2.24. The van der Waals surface area contributed by atoms with Crippen LogP contribution < -0.4 is 10.6 Å². The lowest BCUT2D eigenvalue weighted by Crippen LogP contribution is -2.32. The molecular weight excluding hydrogens is 503 g/mol. The van der Waals surface area contributed by atoms with Gasteiger partial charge in [-0.05, 0) is 30.2 Å². The first-order valence-corrected chi connectivity index (χ1v) is 11.7. The molecule has 1 atom stereocenters. The zero-order valence-electron chi connectivity index (χ0n) is 18.0. The van der Waals surface area contributed by atoms with E-state index in [1.165, 1.54) is 24.3 Å². The molecule has 1 aromatic heterocycles. The molecule has 34 heavy (non-hydrogen) atoms. The van der Waals surface area contributed by atoms with E-state index in [2.05, 4.69) is 25.8 Å². The van der Waals surface area contributed by atoms with Crippen LogP contribution in [0.15, 0.2) is 47.6 Å². The first-order chi connectivity index (χ1) is 16.1. The van der Waals surface area contributed by atoms with Crippen LogP contribution in [-0.2, 0) is 4.79 Å². The molecular formula is C21H20Cl2N6O4S. The fourth-order valence-electron chi connectivity index (χ4n) is 2.90. The van der Waals surface area contributed by atoms with Gasteiger partial charge in [-0.15, -0.1) is 5.10 Å². The van der Waals surface area contributed by atoms with Gasteiger partial charge >= 0.3 is 0 Å². The third-order valence-electron chi connectivity index (χ3n) is 4.58. The SMILES string of the molecule is CC(C)[C@H](NC(=O)c1cccc([N+](=O)[O-])c1)c1nc(SCC(=O)Nc2ccc(Cl)c(Cl)c2)n[nH]1. The number of thioether (sulfide) groups is 1. The van der Waals surface area contributed by atoms with Crippen molar-refractivity contribution in [2.24, 2.45) is 5.92 Å². The van der Waals surface area contributed by atoms with E-state index in [0.29, 0.717) is 26.7 Å². The molecule has 1 heterocycles. The molecule has 3 aromatic rings. The average molecular weight is 523 g/mol. The third-order valence-corrected chi connectivity index (χ3v) is 6.17. The number of carbonyl (C=O) groups is 2. The zero-order valence-corrected chi connectivity index (χ0v) is 20.4. The predicted molar refractivity (Wildman–Crippen MR) is 130 cm³/mol. The number of benzene rings is 2. The molecule has 178 valence electrons. The van der Waals surface area contributed by atoms with Crippen molar-refractivity contribution in [2.45, 2.75) is 25.0 Å². The molecule has 13 heteroatoms. The number of hydrogen-bond donors (Lipinski definition) is 3. The summed E-state index contributed by atoms with van der Waals surface area (Å²) in [5, 5.41) is 24.5. The number of non-ortho nitro benzene ring substituents is 1. The highest BCUT2D eigenvalue weighted by Crippen LogP contribution is 2.26. The minimum Gasteiger partial charge on any atom is -0.342 e. The van der Waals surface area contributed by atoms with E-state index in [-0.39, 0.29) is 28.8 Å². The topological polar surface area (TPSA) is 143 Å². The molecule has 0 bridgehead atoms. The van der Waals surface area contributed by atoms with E-state index >= 15 is 0 Å². The molecule has 0 aliphatic rings. The highest BCUT2D eigenvalue weighted by atomic mass is 35.5. The monoisotopic (exact) mass is 522 g/mol. The van der Waals surface area contributed by atoms with Crippen LogP contribution in [0.5, 0.6) is 0 Å². The summed E-state index contributed by atoms with van der Waals surface area (Å²) >= 11 is 12.9. The summed E-state index contributed by atoms with van der Waals surface area (Å²) in [7, 11) is 0. The lowest BCUT2D eigenvalue weighted by Gasteiger charge is -2.19. The summed E-state index contributed by atoms with van der Waals surface area (Å²) in [5.74, 6) is -0.375. The van der Waals surface area contributed by atoms with Crippen LogP contribution in [0.2, 0.25) is 10.0 Å². The van der Waals surface area contributed by atoms with Gasteiger partial charge in [0.15, 0.2) is 0 Å². The lowest BCUT2D eigenvalue weighted by molar-refractivity contribution is -0.384. The molecule has 0 saturated heterocycles. The molecule has 10 nitrogen and oxygen atoms in total. The lowest BCUT2D eigenvalue weighted by atomic mass is 10.0. The smallest absolute Gasteiger partial charge is 0.270 e. The minimum atomic E-state index is -0.561. The summed E-state index contributed by atoms with van der Waals surface area (Å²) in [5.41, 5.74) is 0.499. The maximum atomic E-state index is 12.7. The molecule has 3 rings (SSSR count). The Hall–Kier alpha value is -3.15. The number of aromatic nitrogens is 3. The Bertz CT molecular complexity index is 1220. The van der Waals surface area contributed by atoms with Gasteiger partial charge in [0.2, 0.25) is 11.1 Å². The fraction of sp³-hybridized carbons (Fsp3) is 0.238. The van der Waals surface area contributed by atoms with Crippen LogP contribution in [-0.4, -0.2) is 37.7 Å². The van der Waals surface area contributed by atoms with Crippen LogP contribution in [0.3, 0.4) is 0 Å². The maximum Gasteiger partial charge on any atom is 0.270 e. The first-order valence-electron chi connectivity index (χ1n) is 9.99. The summed E-state index contributed by atoms with van der Waals surface area (Å²) < 4.78 is 0. The van der Waals surface area contributed by atoms with Crippen LogP contribution >= 0.6 is 35.0 Å². The number of aromatic amines is 1. The number of hydrogen-bond acceptors (Lipinski definition) is 7. The summed E-state index contributed by atoms with van der Waals surface area (Å²) in [4.78, 5) is 39.7.